The average molecular weight is 643 g/mol. The Morgan fingerprint density at radius 1 is 0.955 bits per heavy atom. The molecule has 0 spiro atoms. The predicted molar refractivity (Wildman–Crippen MR) is 172 cm³/mol. The van der Waals surface area contributed by atoms with Gasteiger partial charge in [-0.1, -0.05) is 81.4 Å². The minimum atomic E-state index is -2.90. The fourth-order valence-electron chi connectivity index (χ4n) is 5.62. The van der Waals surface area contributed by atoms with Crippen LogP contribution in [0, 0.1) is 0 Å². The van der Waals surface area contributed by atoms with Crippen molar-refractivity contribution in [1.82, 2.24) is 4.90 Å². The summed E-state index contributed by atoms with van der Waals surface area (Å²) in [5.41, 5.74) is 0.0890. The first-order valence-electron chi connectivity index (χ1n) is 14.4. The second kappa shape index (κ2) is 14.4. The van der Waals surface area contributed by atoms with Crippen LogP contribution < -0.4 is 10.4 Å². The van der Waals surface area contributed by atoms with E-state index in [1.54, 1.807) is 26.1 Å². The molecule has 2 heterocycles. The van der Waals surface area contributed by atoms with E-state index in [2.05, 4.69) is 50.0 Å². The summed E-state index contributed by atoms with van der Waals surface area (Å²) in [5.74, 6) is -1.34. The van der Waals surface area contributed by atoms with E-state index in [-0.39, 0.29) is 33.5 Å². The predicted octanol–water partition coefficient (Wildman–Crippen LogP) is 3.30. The highest BCUT2D eigenvalue weighted by atomic mass is 32.2. The minimum Gasteiger partial charge on any atom is -0.470 e. The van der Waals surface area contributed by atoms with E-state index in [0.717, 1.165) is 22.1 Å². The molecule has 2 aliphatic heterocycles. The molecular weight excluding hydrogens is 601 g/mol. The number of hydrogen-bond acceptors (Lipinski definition) is 11. The normalized spacial score (nSPS) is 22.5. The quantitative estimate of drug-likeness (QED) is 0.283. The molecule has 0 bridgehead atoms. The lowest BCUT2D eigenvalue weighted by Gasteiger charge is -2.45. The molecule has 0 amide bonds. The minimum absolute atomic E-state index is 0.0604. The Kier molecular flexibility index (Phi) is 11.1. The molecule has 0 aliphatic carbocycles. The smallest absolute Gasteiger partial charge is 0.345 e. The highest BCUT2D eigenvalue weighted by Crippen LogP contribution is 2.40. The Hall–Kier alpha value is -3.00. The molecule has 238 valence electrons. The fraction of sp³-hybridized carbons (Fsp3) is 0.469. The molecule has 1 fully saturated rings. The van der Waals surface area contributed by atoms with Crippen molar-refractivity contribution in [1.29, 1.82) is 0 Å². The van der Waals surface area contributed by atoms with Gasteiger partial charge in [-0.3, -0.25) is 4.90 Å². The maximum absolute atomic E-state index is 12.7. The Morgan fingerprint density at radius 3 is 2.00 bits per heavy atom. The topological polar surface area (TPSA) is 105 Å². The number of likely N-dealkylation sites (N-methyl/N-ethyl adjacent to an activating group) is 1. The summed E-state index contributed by atoms with van der Waals surface area (Å²) in [6.45, 7) is 6.75. The standard InChI is InChI=1S/C32H42N2O8SSi/c1-32(2,3)44(21-15-11-9-12-16-21,22-17-13-10-14-18-22)42-23-19-25(37-6)41-24(23)20-40-31-33-28(34(4)5)26(29(35)38-7)27(43-31)30(36)39-8/h9-18,23-25,28H,19-20H2,1-8H3/t23-,24+,25?,28?/m0/s1. The van der Waals surface area contributed by atoms with E-state index in [9.17, 15) is 9.59 Å². The zero-order chi connectivity index (χ0) is 32.1. The van der Waals surface area contributed by atoms with Crippen molar-refractivity contribution in [3.63, 3.8) is 0 Å². The Balaban J connectivity index is 1.67. The molecular formula is C32H42N2O8SSi. The lowest BCUT2D eigenvalue weighted by Crippen LogP contribution is -2.68. The molecule has 0 aromatic heterocycles. The molecule has 0 saturated carbocycles. The largest absolute Gasteiger partial charge is 0.470 e. The SMILES string of the molecule is COC(=O)C1=C(C(=O)OC)C(N(C)C)N=C(OC[C@H]2OC(OC)C[C@@H]2O[Si](c2ccccc2)(c2ccccc2)C(C)(C)C)S1. The molecule has 2 aromatic carbocycles. The third kappa shape index (κ3) is 6.95. The van der Waals surface area contributed by atoms with Gasteiger partial charge in [0.25, 0.3) is 13.5 Å². The zero-order valence-corrected chi connectivity index (χ0v) is 28.4. The molecule has 44 heavy (non-hydrogen) atoms. The lowest BCUT2D eigenvalue weighted by atomic mass is 10.1. The van der Waals surface area contributed by atoms with E-state index >= 15 is 0 Å². The van der Waals surface area contributed by atoms with Crippen molar-refractivity contribution in [2.75, 3.05) is 42.0 Å². The number of hydrogen-bond donors (Lipinski definition) is 0. The van der Waals surface area contributed by atoms with Gasteiger partial charge in [-0.05, 0) is 41.3 Å². The van der Waals surface area contributed by atoms with Gasteiger partial charge >= 0.3 is 11.9 Å². The van der Waals surface area contributed by atoms with Gasteiger partial charge in [0, 0.05) is 13.5 Å². The summed E-state index contributed by atoms with van der Waals surface area (Å²) < 4.78 is 35.4. The third-order valence-corrected chi connectivity index (χ3v) is 13.8. The number of esters is 2. The van der Waals surface area contributed by atoms with Gasteiger partial charge in [0.1, 0.15) is 23.8 Å². The maximum atomic E-state index is 12.7. The van der Waals surface area contributed by atoms with Crippen LogP contribution in [0.5, 0.6) is 0 Å². The van der Waals surface area contributed by atoms with Crippen LogP contribution in [0.2, 0.25) is 5.04 Å². The summed E-state index contributed by atoms with van der Waals surface area (Å²) in [4.78, 5) is 31.8. The van der Waals surface area contributed by atoms with Crippen molar-refractivity contribution in [2.45, 2.75) is 56.9 Å². The molecule has 2 aromatic rings. The molecule has 4 atom stereocenters. The summed E-state index contributed by atoms with van der Waals surface area (Å²) in [5, 5.41) is 2.27. The van der Waals surface area contributed by atoms with Crippen molar-refractivity contribution in [2.24, 2.45) is 4.99 Å². The van der Waals surface area contributed by atoms with E-state index < -0.39 is 38.8 Å². The van der Waals surface area contributed by atoms with E-state index in [4.69, 9.17) is 28.1 Å². The highest BCUT2D eigenvalue weighted by Gasteiger charge is 2.54. The van der Waals surface area contributed by atoms with E-state index in [1.807, 2.05) is 36.4 Å². The zero-order valence-electron chi connectivity index (χ0n) is 26.6. The molecule has 12 heteroatoms. The molecule has 1 saturated heterocycles. The monoisotopic (exact) mass is 642 g/mol. The van der Waals surface area contributed by atoms with Crippen LogP contribution in [-0.4, -0.2) is 97.1 Å². The molecule has 2 unspecified atom stereocenters. The first kappa shape index (κ1) is 33.9. The first-order valence-corrected chi connectivity index (χ1v) is 17.1. The molecule has 10 nitrogen and oxygen atoms in total. The molecule has 4 rings (SSSR count). The highest BCUT2D eigenvalue weighted by molar-refractivity contribution is 8.17. The number of rotatable bonds is 10. The lowest BCUT2D eigenvalue weighted by molar-refractivity contribution is -0.139. The summed E-state index contributed by atoms with van der Waals surface area (Å²) in [6.07, 6.45) is -1.66. The number of carbonyl (C=O) groups is 2. The van der Waals surface area contributed by atoms with Crippen molar-refractivity contribution >= 4 is 47.6 Å². The van der Waals surface area contributed by atoms with Crippen LogP contribution in [0.4, 0.5) is 0 Å². The number of aliphatic imine (C=N–C) groups is 1. The van der Waals surface area contributed by atoms with Crippen LogP contribution in [0.15, 0.2) is 76.1 Å². The van der Waals surface area contributed by atoms with Gasteiger partial charge in [-0.2, -0.15) is 0 Å². The number of carbonyl (C=O) groups excluding carboxylic acids is 2. The van der Waals surface area contributed by atoms with Crippen LogP contribution >= 0.6 is 11.8 Å². The van der Waals surface area contributed by atoms with Gasteiger partial charge in [0.2, 0.25) is 0 Å². The summed E-state index contributed by atoms with van der Waals surface area (Å²) >= 11 is 0.926. The van der Waals surface area contributed by atoms with Crippen molar-refractivity contribution in [3.8, 4) is 0 Å². The van der Waals surface area contributed by atoms with Gasteiger partial charge in [-0.15, -0.1) is 0 Å². The van der Waals surface area contributed by atoms with Gasteiger partial charge in [0.15, 0.2) is 6.29 Å². The number of thioether (sulfide) groups is 1. The molecule has 0 N–H and O–H groups in total. The van der Waals surface area contributed by atoms with Crippen LogP contribution in [0.1, 0.15) is 27.2 Å². The average Bonchev–Trinajstić information content (AvgIpc) is 3.43. The second-order valence-corrected chi connectivity index (χ2v) is 17.0. The van der Waals surface area contributed by atoms with Gasteiger partial charge in [-0.25, -0.2) is 14.6 Å². The van der Waals surface area contributed by atoms with Gasteiger partial charge < -0.3 is 28.1 Å². The third-order valence-electron chi connectivity index (χ3n) is 7.73. The Labute approximate surface area is 264 Å². The number of ether oxygens (including phenoxy) is 5. The Bertz CT molecular complexity index is 1320. The fourth-order valence-corrected chi connectivity index (χ4v) is 11.3. The number of methoxy groups -OCH3 is 3. The molecule has 0 radical (unpaired) electrons. The van der Waals surface area contributed by atoms with Crippen LogP contribution in [0.25, 0.3) is 0 Å². The summed E-state index contributed by atoms with van der Waals surface area (Å²) in [6, 6.07) is 20.8. The number of benzene rings is 2. The second-order valence-electron chi connectivity index (χ2n) is 11.8. The first-order chi connectivity index (χ1) is 21.0. The van der Waals surface area contributed by atoms with Gasteiger partial charge in [0.05, 0.1) is 25.9 Å². The van der Waals surface area contributed by atoms with E-state index in [1.165, 1.54) is 14.2 Å². The number of nitrogens with zero attached hydrogens (tertiary/aromatic N) is 2. The summed E-state index contributed by atoms with van der Waals surface area (Å²) in [7, 11) is 4.71. The van der Waals surface area contributed by atoms with Crippen LogP contribution in [-0.2, 0) is 37.7 Å². The molecule has 2 aliphatic rings. The van der Waals surface area contributed by atoms with E-state index in [0.29, 0.717) is 6.42 Å². The van der Waals surface area contributed by atoms with Crippen molar-refractivity contribution in [3.05, 3.63) is 71.1 Å². The Morgan fingerprint density at radius 2 is 1.52 bits per heavy atom. The van der Waals surface area contributed by atoms with Crippen LogP contribution in [0.3, 0.4) is 0 Å². The van der Waals surface area contributed by atoms with Crippen molar-refractivity contribution < 1.29 is 37.7 Å². The maximum Gasteiger partial charge on any atom is 0.345 e.